The van der Waals surface area contributed by atoms with E-state index >= 15 is 0 Å². The zero-order valence-corrected chi connectivity index (χ0v) is 62.0. The van der Waals surface area contributed by atoms with Gasteiger partial charge in [-0.25, -0.2) is 0 Å². The highest BCUT2D eigenvalue weighted by Gasteiger charge is 2.55. The second-order valence-corrected chi connectivity index (χ2v) is 34.5. The fourth-order valence-corrected chi connectivity index (χ4v) is 21.8. The fraction of sp³-hybridized carbons (Fsp3) is 0.348. The Kier molecular flexibility index (Phi) is 15.8. The van der Waals surface area contributed by atoms with Crippen molar-refractivity contribution in [2.75, 3.05) is 26.4 Å². The van der Waals surface area contributed by atoms with Crippen LogP contribution in [0.2, 0.25) is 0 Å². The summed E-state index contributed by atoms with van der Waals surface area (Å²) in [6.07, 6.45) is 23.0. The Balaban J connectivity index is 0.735. The van der Waals surface area contributed by atoms with Crippen LogP contribution >= 0.6 is 23.5 Å². The average Bonchev–Trinajstić information content (AvgIpc) is 1.55. The molecule has 4 aliphatic carbocycles. The molecular formula is C92H90O9S2. The van der Waals surface area contributed by atoms with Crippen LogP contribution in [0.3, 0.4) is 0 Å². The third kappa shape index (κ3) is 10.3. The van der Waals surface area contributed by atoms with Crippen LogP contribution in [0.5, 0.6) is 46.0 Å². The van der Waals surface area contributed by atoms with Crippen LogP contribution in [0.25, 0.3) is 56.0 Å². The Morgan fingerprint density at radius 1 is 0.398 bits per heavy atom. The third-order valence-electron chi connectivity index (χ3n) is 25.4. The summed E-state index contributed by atoms with van der Waals surface area (Å²) >= 11 is 3.51. The van der Waals surface area contributed by atoms with Crippen LogP contribution < -0.4 is 33.2 Å². The van der Waals surface area contributed by atoms with Gasteiger partial charge in [0.15, 0.2) is 21.1 Å². The predicted octanol–water partition coefficient (Wildman–Crippen LogP) is 23.0. The molecule has 524 valence electrons. The first-order chi connectivity index (χ1) is 50.0. The topological polar surface area (TPSA) is 105 Å². The predicted molar refractivity (Wildman–Crippen MR) is 416 cm³/mol. The molecule has 2 fully saturated rings. The molecule has 2 N–H and O–H groups in total. The molecule has 2 spiro atoms. The van der Waals surface area contributed by atoms with Crippen molar-refractivity contribution in [3.05, 3.63) is 238 Å². The summed E-state index contributed by atoms with van der Waals surface area (Å²) in [5, 5.41) is 24.0. The normalized spacial score (nSPS) is 21.4. The summed E-state index contributed by atoms with van der Waals surface area (Å²) in [5.41, 5.74) is 15.0. The fourth-order valence-electron chi connectivity index (χ4n) is 19.7. The van der Waals surface area contributed by atoms with E-state index < -0.39 is 21.1 Å². The van der Waals surface area contributed by atoms with E-state index in [1.54, 1.807) is 23.5 Å². The molecule has 0 saturated heterocycles. The van der Waals surface area contributed by atoms with Crippen molar-refractivity contribution in [3.63, 3.8) is 0 Å². The maximum absolute atomic E-state index is 9.77. The molecular weight excluding hydrogens is 1310 g/mol. The maximum Gasteiger partial charge on any atom is 0.178 e. The Bertz CT molecular complexity index is 4780. The van der Waals surface area contributed by atoms with E-state index in [0.29, 0.717) is 33.8 Å². The summed E-state index contributed by atoms with van der Waals surface area (Å²) in [6, 6.07) is 60.8. The average molecular weight is 1400 g/mol. The lowest BCUT2D eigenvalue weighted by atomic mass is 9.58. The molecule has 10 aromatic carbocycles. The van der Waals surface area contributed by atoms with Crippen LogP contribution in [-0.4, -0.2) is 46.5 Å². The Hall–Kier alpha value is -8.58. The van der Waals surface area contributed by atoms with E-state index in [4.69, 9.17) is 33.2 Å². The second kappa shape index (κ2) is 24.5. The van der Waals surface area contributed by atoms with Gasteiger partial charge in [0.2, 0.25) is 0 Å². The minimum absolute atomic E-state index is 0.0810. The number of aliphatic hydroxyl groups is 2. The van der Waals surface area contributed by atoms with Crippen LogP contribution in [0.15, 0.2) is 192 Å². The van der Waals surface area contributed by atoms with Gasteiger partial charge in [-0.1, -0.05) is 186 Å². The lowest BCUT2D eigenvalue weighted by molar-refractivity contribution is 0.132. The largest absolute Gasteiger partial charge is 0.491 e. The molecule has 2 unspecified atom stereocenters. The summed E-state index contributed by atoms with van der Waals surface area (Å²) in [6.45, 7) is 18.4. The van der Waals surface area contributed by atoms with Crippen molar-refractivity contribution in [3.8, 4) is 68.2 Å². The highest BCUT2D eigenvalue weighted by atomic mass is 32.2. The van der Waals surface area contributed by atoms with Crippen LogP contribution in [0.1, 0.15) is 188 Å². The number of rotatable bonds is 16. The van der Waals surface area contributed by atoms with Crippen LogP contribution in [0.4, 0.5) is 0 Å². The first kappa shape index (κ1) is 66.4. The molecule has 0 radical (unpaired) electrons. The number of ether oxygens (including phenoxy) is 7. The van der Waals surface area contributed by atoms with Gasteiger partial charge in [0.05, 0.1) is 23.0 Å². The number of fused-ring (bicyclic) bond motifs is 22. The minimum Gasteiger partial charge on any atom is -0.491 e. The molecule has 10 aromatic rings. The molecule has 18 rings (SSSR count). The molecule has 2 atom stereocenters. The number of benzene rings is 10. The van der Waals surface area contributed by atoms with Gasteiger partial charge < -0.3 is 43.4 Å². The van der Waals surface area contributed by atoms with Crippen molar-refractivity contribution in [2.24, 2.45) is 10.8 Å². The van der Waals surface area contributed by atoms with Crippen LogP contribution in [-0.2, 0) is 22.0 Å². The highest BCUT2D eigenvalue weighted by Crippen LogP contribution is 2.68. The van der Waals surface area contributed by atoms with Gasteiger partial charge in [-0.15, -0.1) is 0 Å². The van der Waals surface area contributed by atoms with Crippen molar-refractivity contribution in [2.45, 2.75) is 174 Å². The molecule has 9 nitrogen and oxygen atoms in total. The standard InChI is InChI=1S/C92H90O9S2/c1-9-87(10-2)41-45-89(46-42-87)73-19-15-13-17-65(73)79-69-53-75-77(102-85(5,6)98-75)55-71(69)83-67(81(79)89)37-39-91(100-83,57-21-29-61(30-22-57)95-51-49-93)59-25-33-63(34-26-59)97-64-35-27-60(28-36-64)92(58-23-31-62(32-24-58)96-52-50-94)40-38-68-82-80(70-54-76-78(103-86(7,8)99-76)56-72(70)84(68)101-92)66-18-14-16-20-74(66)90(82)47-43-88(11-3,12-4)44-48-90/h13-40,53-56,93-94H,9-12,41-52H2,1-8H3. The van der Waals surface area contributed by atoms with Crippen molar-refractivity contribution >= 4 is 57.2 Å². The minimum atomic E-state index is -1.09. The molecule has 8 aliphatic rings. The molecule has 103 heavy (non-hydrogen) atoms. The first-order valence-corrected chi connectivity index (χ1v) is 39.3. The molecule has 0 amide bonds. The van der Waals surface area contributed by atoms with E-state index in [9.17, 15) is 10.2 Å². The smallest absolute Gasteiger partial charge is 0.178 e. The van der Waals surface area contributed by atoms with E-state index in [2.05, 4.69) is 225 Å². The van der Waals surface area contributed by atoms with Crippen molar-refractivity contribution in [1.82, 2.24) is 0 Å². The van der Waals surface area contributed by atoms with Gasteiger partial charge >= 0.3 is 0 Å². The molecule has 11 heteroatoms. The molecule has 0 bridgehead atoms. The van der Waals surface area contributed by atoms with Gasteiger partial charge in [-0.3, -0.25) is 0 Å². The summed E-state index contributed by atoms with van der Waals surface area (Å²) < 4.78 is 48.5. The van der Waals surface area contributed by atoms with Gasteiger partial charge in [-0.05, 0) is 230 Å². The first-order valence-electron chi connectivity index (χ1n) is 37.6. The lowest BCUT2D eigenvalue weighted by Crippen LogP contribution is -2.38. The Labute approximate surface area is 614 Å². The highest BCUT2D eigenvalue weighted by molar-refractivity contribution is 8.01. The van der Waals surface area contributed by atoms with Gasteiger partial charge in [-0.2, -0.15) is 0 Å². The van der Waals surface area contributed by atoms with E-state index in [-0.39, 0.29) is 37.3 Å². The van der Waals surface area contributed by atoms with Crippen molar-refractivity contribution in [1.29, 1.82) is 0 Å². The number of hydrogen-bond acceptors (Lipinski definition) is 11. The Morgan fingerprint density at radius 3 is 1.10 bits per heavy atom. The van der Waals surface area contributed by atoms with Gasteiger partial charge in [0.25, 0.3) is 0 Å². The van der Waals surface area contributed by atoms with E-state index in [1.165, 1.54) is 95.9 Å². The quantitative estimate of drug-likeness (QED) is 0.0966. The second-order valence-electron chi connectivity index (χ2n) is 31.2. The summed E-state index contributed by atoms with van der Waals surface area (Å²) in [7, 11) is 0. The lowest BCUT2D eigenvalue weighted by Gasteiger charge is -2.47. The molecule has 4 aliphatic heterocycles. The zero-order chi connectivity index (χ0) is 70.5. The van der Waals surface area contributed by atoms with E-state index in [0.717, 1.165) is 113 Å². The van der Waals surface area contributed by atoms with Crippen LogP contribution in [0, 0.1) is 10.8 Å². The Morgan fingerprint density at radius 2 is 0.748 bits per heavy atom. The van der Waals surface area contributed by atoms with Gasteiger partial charge in [0, 0.05) is 55.0 Å². The number of thioether (sulfide) groups is 2. The van der Waals surface area contributed by atoms with E-state index in [1.807, 2.05) is 24.3 Å². The van der Waals surface area contributed by atoms with Gasteiger partial charge in [0.1, 0.15) is 59.2 Å². The molecule has 4 heterocycles. The number of hydrogen-bond donors (Lipinski definition) is 2. The third-order valence-corrected chi connectivity index (χ3v) is 27.7. The summed E-state index contributed by atoms with van der Waals surface area (Å²) in [5.74, 6) is 6.26. The summed E-state index contributed by atoms with van der Waals surface area (Å²) in [4.78, 5) is 1.35. The number of aliphatic hydroxyl groups excluding tert-OH is 2. The van der Waals surface area contributed by atoms with Crippen molar-refractivity contribution < 1.29 is 43.4 Å². The monoisotopic (exact) mass is 1400 g/mol. The molecule has 0 aromatic heterocycles. The zero-order valence-electron chi connectivity index (χ0n) is 60.4. The maximum atomic E-state index is 9.77. The SMILES string of the molecule is CCC1(CC)CCC2(CC1)c1ccccc1-c1c2c2c(c3cc4c(cc13)OC(C)(C)S4)OC(c1ccc(OCCO)cc1)(c1ccc(Oc3ccc(C4(c5ccc(OCCO)cc5)C=Cc5c6c(c7cc8c(cc7c5O4)SC(C)(C)O8)-c4ccccc4C64CCC(CC)(CC)CC4)cc3)cc1)C=C2. The molecule has 2 saturated carbocycles.